The first kappa shape index (κ1) is 19.0. The number of carbonyl (C=O) groups is 1. The summed E-state index contributed by atoms with van der Waals surface area (Å²) in [4.78, 5) is 16.6. The Balaban J connectivity index is 1.54. The Bertz CT molecular complexity index is 725. The van der Waals surface area contributed by atoms with E-state index >= 15 is 0 Å². The van der Waals surface area contributed by atoms with Gasteiger partial charge in [0.15, 0.2) is 0 Å². The smallest absolute Gasteiger partial charge is 0.321 e. The highest BCUT2D eigenvalue weighted by Crippen LogP contribution is 2.25. The molecule has 1 aromatic rings. The summed E-state index contributed by atoms with van der Waals surface area (Å²) in [5.41, 5.74) is 1.34. The van der Waals surface area contributed by atoms with Crippen molar-refractivity contribution in [1.82, 2.24) is 9.80 Å². The number of nitrogens with zero attached hydrogens (tertiary/aromatic N) is 3. The van der Waals surface area contributed by atoms with Crippen molar-refractivity contribution in [2.24, 2.45) is 5.92 Å². The largest absolute Gasteiger partial charge is 0.322 e. The van der Waals surface area contributed by atoms with E-state index < -0.39 is 10.0 Å². The van der Waals surface area contributed by atoms with Crippen LogP contribution in [0.4, 0.5) is 16.2 Å². The van der Waals surface area contributed by atoms with Crippen LogP contribution in [-0.2, 0) is 10.0 Å². The van der Waals surface area contributed by atoms with Crippen LogP contribution in [0.2, 0.25) is 0 Å². The summed E-state index contributed by atoms with van der Waals surface area (Å²) in [7, 11) is -3.17. The molecule has 2 amide bonds. The SMILES string of the molecule is CC(C)CN1CCN(C(=O)Nc2ccc(N3CCCS3(=O)=O)cc2)CC1. The van der Waals surface area contributed by atoms with E-state index in [2.05, 4.69) is 24.1 Å². The van der Waals surface area contributed by atoms with Gasteiger partial charge in [0.05, 0.1) is 11.4 Å². The quantitative estimate of drug-likeness (QED) is 0.867. The monoisotopic (exact) mass is 380 g/mol. The second-order valence-electron chi connectivity index (χ2n) is 7.40. The van der Waals surface area contributed by atoms with Crippen LogP contribution in [0.1, 0.15) is 20.3 Å². The van der Waals surface area contributed by atoms with Crippen LogP contribution < -0.4 is 9.62 Å². The van der Waals surface area contributed by atoms with E-state index in [1.807, 2.05) is 4.90 Å². The van der Waals surface area contributed by atoms with Gasteiger partial charge in [-0.15, -0.1) is 0 Å². The minimum atomic E-state index is -3.17. The zero-order chi connectivity index (χ0) is 18.7. The van der Waals surface area contributed by atoms with Gasteiger partial charge in [-0.05, 0) is 36.6 Å². The highest BCUT2D eigenvalue weighted by molar-refractivity contribution is 7.93. The molecule has 1 aromatic carbocycles. The predicted molar refractivity (Wildman–Crippen MR) is 104 cm³/mol. The van der Waals surface area contributed by atoms with Crippen molar-refractivity contribution < 1.29 is 13.2 Å². The Morgan fingerprint density at radius 2 is 1.73 bits per heavy atom. The third-order valence-corrected chi connectivity index (χ3v) is 6.66. The Morgan fingerprint density at radius 3 is 2.27 bits per heavy atom. The van der Waals surface area contributed by atoms with Crippen molar-refractivity contribution in [3.8, 4) is 0 Å². The average Bonchev–Trinajstić information content (AvgIpc) is 2.95. The fourth-order valence-corrected chi connectivity index (χ4v) is 5.06. The first-order chi connectivity index (χ1) is 12.3. The molecule has 0 spiro atoms. The maximum Gasteiger partial charge on any atom is 0.321 e. The van der Waals surface area contributed by atoms with Gasteiger partial charge in [0.25, 0.3) is 0 Å². The molecule has 8 heteroatoms. The average molecular weight is 381 g/mol. The summed E-state index contributed by atoms with van der Waals surface area (Å²) < 4.78 is 25.4. The number of amides is 2. The Hall–Kier alpha value is -1.80. The normalized spacial score (nSPS) is 20.6. The first-order valence-electron chi connectivity index (χ1n) is 9.24. The van der Waals surface area contributed by atoms with Crippen LogP contribution >= 0.6 is 0 Å². The third kappa shape index (κ3) is 4.48. The molecule has 0 atom stereocenters. The molecule has 2 saturated heterocycles. The lowest BCUT2D eigenvalue weighted by atomic mass is 10.2. The molecule has 2 aliphatic heterocycles. The van der Waals surface area contributed by atoms with Gasteiger partial charge in [-0.1, -0.05) is 13.8 Å². The molecule has 0 bridgehead atoms. The second-order valence-corrected chi connectivity index (χ2v) is 9.41. The van der Waals surface area contributed by atoms with E-state index in [0.29, 0.717) is 30.3 Å². The highest BCUT2D eigenvalue weighted by Gasteiger charge is 2.28. The van der Waals surface area contributed by atoms with E-state index in [1.54, 1.807) is 24.3 Å². The standard InChI is InChI=1S/C18H28N4O3S/c1-15(2)14-20-9-11-21(12-10-20)18(23)19-16-4-6-17(7-5-16)22-8-3-13-26(22,24)25/h4-7,15H,3,8-14H2,1-2H3,(H,19,23). The summed E-state index contributed by atoms with van der Waals surface area (Å²) in [5, 5.41) is 2.91. The third-order valence-electron chi connectivity index (χ3n) is 4.79. The maximum atomic E-state index is 12.4. The highest BCUT2D eigenvalue weighted by atomic mass is 32.2. The zero-order valence-corrected chi connectivity index (χ0v) is 16.3. The lowest BCUT2D eigenvalue weighted by molar-refractivity contribution is 0.138. The fraction of sp³-hybridized carbons (Fsp3) is 0.611. The molecule has 2 aliphatic rings. The number of carbonyl (C=O) groups excluding carboxylic acids is 1. The molecule has 3 rings (SSSR count). The first-order valence-corrected chi connectivity index (χ1v) is 10.8. The van der Waals surface area contributed by atoms with Gasteiger partial charge < -0.3 is 10.2 Å². The molecule has 2 fully saturated rings. The molecule has 0 aliphatic carbocycles. The van der Waals surface area contributed by atoms with E-state index in [9.17, 15) is 13.2 Å². The fourth-order valence-electron chi connectivity index (χ4n) is 3.49. The van der Waals surface area contributed by atoms with Crippen molar-refractivity contribution in [1.29, 1.82) is 0 Å². The molecule has 0 aromatic heterocycles. The number of urea groups is 1. The number of benzene rings is 1. The number of hydrogen-bond acceptors (Lipinski definition) is 4. The molecule has 7 nitrogen and oxygen atoms in total. The number of anilines is 2. The van der Waals surface area contributed by atoms with Crippen molar-refractivity contribution in [2.75, 3.05) is 54.6 Å². The number of piperazine rings is 1. The number of sulfonamides is 1. The molecule has 0 saturated carbocycles. The summed E-state index contributed by atoms with van der Waals surface area (Å²) in [6.07, 6.45) is 0.656. The Morgan fingerprint density at radius 1 is 1.08 bits per heavy atom. The van der Waals surface area contributed by atoms with Gasteiger partial charge in [-0.25, -0.2) is 13.2 Å². The number of rotatable bonds is 4. The van der Waals surface area contributed by atoms with Crippen molar-refractivity contribution in [3.63, 3.8) is 0 Å². The van der Waals surface area contributed by atoms with Crippen molar-refractivity contribution >= 4 is 27.4 Å². The summed E-state index contributed by atoms with van der Waals surface area (Å²) in [6.45, 7) is 9.25. The Labute approximate surface area is 156 Å². The molecule has 26 heavy (non-hydrogen) atoms. The van der Waals surface area contributed by atoms with E-state index in [-0.39, 0.29) is 11.8 Å². The van der Waals surface area contributed by atoms with E-state index in [1.165, 1.54) is 4.31 Å². The van der Waals surface area contributed by atoms with Crippen molar-refractivity contribution in [2.45, 2.75) is 20.3 Å². The van der Waals surface area contributed by atoms with Crippen LogP contribution in [0, 0.1) is 5.92 Å². The van der Waals surface area contributed by atoms with E-state index in [0.717, 1.165) is 32.7 Å². The lowest BCUT2D eigenvalue weighted by Crippen LogP contribution is -2.50. The summed E-state index contributed by atoms with van der Waals surface area (Å²) in [5.74, 6) is 0.835. The topological polar surface area (TPSA) is 73.0 Å². The van der Waals surface area contributed by atoms with E-state index in [4.69, 9.17) is 0 Å². The van der Waals surface area contributed by atoms with Crippen LogP contribution in [0.5, 0.6) is 0 Å². The van der Waals surface area contributed by atoms with Crippen LogP contribution in [0.15, 0.2) is 24.3 Å². The molecule has 1 N–H and O–H groups in total. The number of nitrogens with one attached hydrogen (secondary N) is 1. The van der Waals surface area contributed by atoms with Gasteiger partial charge >= 0.3 is 6.03 Å². The van der Waals surface area contributed by atoms with Crippen LogP contribution in [0.3, 0.4) is 0 Å². The molecule has 2 heterocycles. The minimum absolute atomic E-state index is 0.101. The van der Waals surface area contributed by atoms with Gasteiger partial charge in [-0.2, -0.15) is 0 Å². The predicted octanol–water partition coefficient (Wildman–Crippen LogP) is 2.03. The van der Waals surface area contributed by atoms with Gasteiger partial charge in [0.2, 0.25) is 10.0 Å². The lowest BCUT2D eigenvalue weighted by Gasteiger charge is -2.35. The van der Waals surface area contributed by atoms with Crippen LogP contribution in [0.25, 0.3) is 0 Å². The minimum Gasteiger partial charge on any atom is -0.322 e. The zero-order valence-electron chi connectivity index (χ0n) is 15.5. The molecule has 0 unspecified atom stereocenters. The van der Waals surface area contributed by atoms with Gasteiger partial charge in [0.1, 0.15) is 0 Å². The van der Waals surface area contributed by atoms with Crippen molar-refractivity contribution in [3.05, 3.63) is 24.3 Å². The molecular weight excluding hydrogens is 352 g/mol. The molecule has 0 radical (unpaired) electrons. The molecule has 144 valence electrons. The second kappa shape index (κ2) is 7.84. The Kier molecular flexibility index (Phi) is 5.72. The van der Waals surface area contributed by atoms with Gasteiger partial charge in [-0.3, -0.25) is 9.21 Å². The van der Waals surface area contributed by atoms with Crippen LogP contribution in [-0.4, -0.2) is 69.3 Å². The maximum absolute atomic E-state index is 12.4. The summed E-state index contributed by atoms with van der Waals surface area (Å²) >= 11 is 0. The van der Waals surface area contributed by atoms with Gasteiger partial charge in [0, 0.05) is 45.0 Å². The number of hydrogen-bond donors (Lipinski definition) is 1. The summed E-state index contributed by atoms with van der Waals surface area (Å²) in [6, 6.07) is 6.92. The molecular formula is C18H28N4O3S.